The molecule has 0 bridgehead atoms. The van der Waals surface area contributed by atoms with E-state index in [0.29, 0.717) is 24.5 Å². The van der Waals surface area contributed by atoms with Gasteiger partial charge in [0.2, 0.25) is 0 Å². The van der Waals surface area contributed by atoms with E-state index in [9.17, 15) is 9.18 Å². The maximum Gasteiger partial charge on any atom is 0.322 e. The topological polar surface area (TPSA) is 41.6 Å². The second-order valence-corrected chi connectivity index (χ2v) is 5.56. The fourth-order valence-corrected chi connectivity index (χ4v) is 2.72. The number of methoxy groups -OCH3 is 1. The van der Waals surface area contributed by atoms with Crippen LogP contribution in [0.5, 0.6) is 5.75 Å². The first-order valence-electron chi connectivity index (χ1n) is 7.81. The molecule has 24 heavy (non-hydrogen) atoms. The smallest absolute Gasteiger partial charge is 0.322 e. The minimum atomic E-state index is -0.243. The number of urea groups is 1. The predicted octanol–water partition coefficient (Wildman–Crippen LogP) is 4.16. The average molecular weight is 326 g/mol. The molecule has 5 heteroatoms. The minimum absolute atomic E-state index is 0.158. The summed E-state index contributed by atoms with van der Waals surface area (Å²) in [5, 5.41) is 2.88. The molecule has 124 valence electrons. The van der Waals surface area contributed by atoms with Crippen molar-refractivity contribution < 1.29 is 13.9 Å². The Bertz CT molecular complexity index is 756. The summed E-state index contributed by atoms with van der Waals surface area (Å²) < 4.78 is 18.2. The van der Waals surface area contributed by atoms with Crippen molar-refractivity contribution in [3.63, 3.8) is 0 Å². The zero-order chi connectivity index (χ0) is 16.9. The van der Waals surface area contributed by atoms with Crippen molar-refractivity contribution in [1.29, 1.82) is 0 Å². The fourth-order valence-electron chi connectivity index (χ4n) is 2.72. The zero-order valence-electron chi connectivity index (χ0n) is 13.5. The third kappa shape index (κ3) is 3.56. The van der Waals surface area contributed by atoms with E-state index in [0.717, 1.165) is 17.6 Å². The number of hydrogen-bond donors (Lipinski definition) is 1. The molecule has 2 amide bonds. The molecule has 0 radical (unpaired) electrons. The van der Waals surface area contributed by atoms with Gasteiger partial charge in [0.25, 0.3) is 0 Å². The van der Waals surface area contributed by atoms with Gasteiger partial charge in [0, 0.05) is 13.1 Å². The third-order valence-electron chi connectivity index (χ3n) is 4.06. The van der Waals surface area contributed by atoms with Crippen LogP contribution in [0.2, 0.25) is 0 Å². The van der Waals surface area contributed by atoms with Gasteiger partial charge in [-0.15, -0.1) is 0 Å². The molecule has 4 nitrogen and oxygen atoms in total. The molecule has 0 fully saturated rings. The lowest BCUT2D eigenvalue weighted by molar-refractivity contribution is 0.217. The van der Waals surface area contributed by atoms with E-state index in [1.807, 2.05) is 18.2 Å². The van der Waals surface area contributed by atoms with Crippen LogP contribution in [-0.4, -0.2) is 31.1 Å². The number of carbonyl (C=O) groups excluding carboxylic acids is 1. The molecule has 0 spiro atoms. The highest BCUT2D eigenvalue weighted by Crippen LogP contribution is 2.25. The van der Waals surface area contributed by atoms with E-state index in [4.69, 9.17) is 4.74 Å². The molecule has 0 aliphatic carbocycles. The highest BCUT2D eigenvalue weighted by molar-refractivity contribution is 5.91. The number of ether oxygens (including phenoxy) is 1. The molecule has 0 unspecified atom stereocenters. The summed E-state index contributed by atoms with van der Waals surface area (Å²) in [7, 11) is 1.57. The molecule has 0 aromatic heterocycles. The van der Waals surface area contributed by atoms with Gasteiger partial charge in [0.15, 0.2) is 0 Å². The number of benzene rings is 2. The van der Waals surface area contributed by atoms with Crippen LogP contribution in [0.3, 0.4) is 0 Å². The first kappa shape index (κ1) is 16.1. The molecule has 0 saturated heterocycles. The predicted molar refractivity (Wildman–Crippen MR) is 92.6 cm³/mol. The molecule has 1 N–H and O–H groups in total. The lowest BCUT2D eigenvalue weighted by atomic mass is 10.00. The summed E-state index contributed by atoms with van der Waals surface area (Å²) in [5.41, 5.74) is 2.79. The lowest BCUT2D eigenvalue weighted by Crippen LogP contribution is -2.37. The van der Waals surface area contributed by atoms with Gasteiger partial charge in [-0.1, -0.05) is 30.3 Å². The highest BCUT2D eigenvalue weighted by Gasteiger charge is 2.19. The maximum atomic E-state index is 13.0. The Labute approximate surface area is 140 Å². The summed E-state index contributed by atoms with van der Waals surface area (Å²) >= 11 is 0. The molecule has 2 aromatic carbocycles. The Hall–Kier alpha value is -2.82. The van der Waals surface area contributed by atoms with Gasteiger partial charge >= 0.3 is 6.03 Å². The van der Waals surface area contributed by atoms with Gasteiger partial charge in [-0.05, 0) is 41.8 Å². The Kier molecular flexibility index (Phi) is 4.79. The van der Waals surface area contributed by atoms with Gasteiger partial charge in [-0.25, -0.2) is 9.18 Å². The Balaban J connectivity index is 1.65. The van der Waals surface area contributed by atoms with E-state index in [-0.39, 0.29) is 11.8 Å². The maximum absolute atomic E-state index is 13.0. The van der Waals surface area contributed by atoms with Gasteiger partial charge in [0.1, 0.15) is 11.6 Å². The summed E-state index contributed by atoms with van der Waals surface area (Å²) in [4.78, 5) is 14.1. The number of nitrogens with zero attached hydrogens (tertiary/aromatic N) is 1. The van der Waals surface area contributed by atoms with Crippen LogP contribution in [0.4, 0.5) is 14.9 Å². The summed E-state index contributed by atoms with van der Waals surface area (Å²) in [6.07, 6.45) is 2.75. The number of amides is 2. The number of anilines is 1. The molecule has 3 rings (SSSR count). The summed E-state index contributed by atoms with van der Waals surface area (Å²) in [6.45, 7) is 1.14. The SMILES string of the molecule is COc1ccccc1NC(=O)N1CC=C(c2ccc(F)cc2)CC1. The van der Waals surface area contributed by atoms with Gasteiger partial charge in [-0.3, -0.25) is 0 Å². The average Bonchev–Trinajstić information content (AvgIpc) is 2.63. The summed E-state index contributed by atoms with van der Waals surface area (Å²) in [5.74, 6) is 0.387. The van der Waals surface area contributed by atoms with Crippen LogP contribution >= 0.6 is 0 Å². The van der Waals surface area contributed by atoms with Gasteiger partial charge in [0.05, 0.1) is 12.8 Å². The monoisotopic (exact) mass is 326 g/mol. The van der Waals surface area contributed by atoms with Crippen molar-refractivity contribution >= 4 is 17.3 Å². The van der Waals surface area contributed by atoms with E-state index < -0.39 is 0 Å². The Morgan fingerprint density at radius 3 is 2.58 bits per heavy atom. The Morgan fingerprint density at radius 2 is 1.92 bits per heavy atom. The second kappa shape index (κ2) is 7.17. The van der Waals surface area contributed by atoms with Gasteiger partial charge < -0.3 is 15.0 Å². The van der Waals surface area contributed by atoms with E-state index in [1.165, 1.54) is 12.1 Å². The molecular weight excluding hydrogens is 307 g/mol. The van der Waals surface area contributed by atoms with Gasteiger partial charge in [-0.2, -0.15) is 0 Å². The van der Waals surface area contributed by atoms with Crippen molar-refractivity contribution in [3.05, 3.63) is 66.0 Å². The number of hydrogen-bond acceptors (Lipinski definition) is 2. The van der Waals surface area contributed by atoms with Crippen molar-refractivity contribution in [2.75, 3.05) is 25.5 Å². The van der Waals surface area contributed by atoms with E-state index >= 15 is 0 Å². The van der Waals surface area contributed by atoms with Crippen molar-refractivity contribution in [2.24, 2.45) is 0 Å². The van der Waals surface area contributed by atoms with Crippen LogP contribution < -0.4 is 10.1 Å². The zero-order valence-corrected chi connectivity index (χ0v) is 13.5. The number of carbonyl (C=O) groups is 1. The first-order chi connectivity index (χ1) is 11.7. The first-order valence-corrected chi connectivity index (χ1v) is 7.81. The summed E-state index contributed by atoms with van der Waals surface area (Å²) in [6, 6.07) is 13.6. The second-order valence-electron chi connectivity index (χ2n) is 5.56. The standard InChI is InChI=1S/C19H19FN2O2/c1-24-18-5-3-2-4-17(18)21-19(23)22-12-10-15(11-13-22)14-6-8-16(20)9-7-14/h2-10H,11-13H2,1H3,(H,21,23). The molecule has 0 saturated carbocycles. The van der Waals surface area contributed by atoms with E-state index in [2.05, 4.69) is 5.32 Å². The molecule has 0 atom stereocenters. The Morgan fingerprint density at radius 1 is 1.17 bits per heavy atom. The normalized spacial score (nSPS) is 14.1. The molecule has 2 aromatic rings. The minimum Gasteiger partial charge on any atom is -0.495 e. The fraction of sp³-hybridized carbons (Fsp3) is 0.211. The van der Waals surface area contributed by atoms with Crippen LogP contribution in [-0.2, 0) is 0 Å². The highest BCUT2D eigenvalue weighted by atomic mass is 19.1. The van der Waals surface area contributed by atoms with Crippen LogP contribution in [0.25, 0.3) is 5.57 Å². The molecule has 1 aliphatic heterocycles. The molecule has 1 heterocycles. The van der Waals surface area contributed by atoms with E-state index in [1.54, 1.807) is 36.3 Å². The third-order valence-corrected chi connectivity index (χ3v) is 4.06. The lowest BCUT2D eigenvalue weighted by Gasteiger charge is -2.27. The quantitative estimate of drug-likeness (QED) is 0.920. The van der Waals surface area contributed by atoms with Crippen LogP contribution in [0.15, 0.2) is 54.6 Å². The largest absolute Gasteiger partial charge is 0.495 e. The van der Waals surface area contributed by atoms with Crippen LogP contribution in [0, 0.1) is 5.82 Å². The molecule has 1 aliphatic rings. The van der Waals surface area contributed by atoms with Crippen molar-refractivity contribution in [3.8, 4) is 5.75 Å². The number of halogens is 1. The van der Waals surface area contributed by atoms with Crippen LogP contribution in [0.1, 0.15) is 12.0 Å². The number of rotatable bonds is 3. The molecular formula is C19H19FN2O2. The number of nitrogens with one attached hydrogen (secondary N) is 1. The van der Waals surface area contributed by atoms with Crippen molar-refractivity contribution in [2.45, 2.75) is 6.42 Å². The van der Waals surface area contributed by atoms with Crippen molar-refractivity contribution in [1.82, 2.24) is 4.90 Å². The number of para-hydroxylation sites is 2.